The van der Waals surface area contributed by atoms with Crippen molar-refractivity contribution in [3.8, 4) is 0 Å². The zero-order chi connectivity index (χ0) is 29.3. The molecule has 222 valence electrons. The number of hydrogen-bond donors (Lipinski definition) is 0. The minimum Gasteiger partial charge on any atom is -0.444 e. The fourth-order valence-electron chi connectivity index (χ4n) is 5.09. The molecule has 0 spiro atoms. The predicted octanol–water partition coefficient (Wildman–Crippen LogP) is 8.91. The van der Waals surface area contributed by atoms with Gasteiger partial charge in [0.25, 0.3) is 0 Å². The van der Waals surface area contributed by atoms with Crippen LogP contribution in [0.15, 0.2) is 47.4 Å². The number of benzene rings is 2. The maximum Gasteiger partial charge on any atom is 0.410 e. The Hall–Kier alpha value is -2.41. The lowest BCUT2D eigenvalue weighted by atomic mass is 9.94. The fraction of sp³-hybridized carbons (Fsp3) is 0.636. The van der Waals surface area contributed by atoms with E-state index in [1.54, 1.807) is 4.90 Å². The number of thioether (sulfide) groups is 1. The highest BCUT2D eigenvalue weighted by molar-refractivity contribution is 8.00. The van der Waals surface area contributed by atoms with Gasteiger partial charge in [-0.1, -0.05) is 56.5 Å². The van der Waals surface area contributed by atoms with E-state index in [0.717, 1.165) is 38.5 Å². The van der Waals surface area contributed by atoms with Gasteiger partial charge in [0.05, 0.1) is 0 Å². The van der Waals surface area contributed by atoms with E-state index in [0.29, 0.717) is 24.9 Å². The quantitative estimate of drug-likeness (QED) is 0.267. The molecule has 1 unspecified atom stereocenters. The van der Waals surface area contributed by atoms with E-state index in [2.05, 4.69) is 49.4 Å². The molecule has 2 aromatic carbocycles. The van der Waals surface area contributed by atoms with Crippen molar-refractivity contribution in [1.82, 2.24) is 9.80 Å². The molecular formula is C33H50N2O4S. The summed E-state index contributed by atoms with van der Waals surface area (Å²) >= 11 is 1.87. The number of amides is 2. The van der Waals surface area contributed by atoms with Crippen LogP contribution in [-0.4, -0.2) is 64.1 Å². The van der Waals surface area contributed by atoms with Crippen molar-refractivity contribution in [3.05, 3.63) is 42.5 Å². The molecule has 6 nitrogen and oxygen atoms in total. The van der Waals surface area contributed by atoms with Gasteiger partial charge in [-0.15, -0.1) is 11.8 Å². The van der Waals surface area contributed by atoms with E-state index >= 15 is 0 Å². The first-order valence-corrected chi connectivity index (χ1v) is 15.8. The topological polar surface area (TPSA) is 59.1 Å². The molecule has 0 heterocycles. The first kappa shape index (κ1) is 32.1. The highest BCUT2D eigenvalue weighted by atomic mass is 32.2. The first-order valence-electron chi connectivity index (χ1n) is 14.9. The van der Waals surface area contributed by atoms with Crippen molar-refractivity contribution in [2.24, 2.45) is 0 Å². The van der Waals surface area contributed by atoms with Gasteiger partial charge in [0, 0.05) is 35.8 Å². The van der Waals surface area contributed by atoms with E-state index in [1.165, 1.54) is 22.1 Å². The van der Waals surface area contributed by atoms with Gasteiger partial charge >= 0.3 is 12.2 Å². The molecule has 1 aliphatic rings. The summed E-state index contributed by atoms with van der Waals surface area (Å²) in [5.74, 6) is 0. The van der Waals surface area contributed by atoms with Gasteiger partial charge in [-0.05, 0) is 90.1 Å². The van der Waals surface area contributed by atoms with Gasteiger partial charge in [-0.3, -0.25) is 0 Å². The second kappa shape index (κ2) is 14.5. The lowest BCUT2D eigenvalue weighted by Crippen LogP contribution is -2.49. The van der Waals surface area contributed by atoms with Gasteiger partial charge in [-0.2, -0.15) is 0 Å². The molecule has 0 bridgehead atoms. The van der Waals surface area contributed by atoms with Crippen molar-refractivity contribution in [2.75, 3.05) is 19.6 Å². The lowest BCUT2D eigenvalue weighted by Gasteiger charge is -2.37. The molecule has 40 heavy (non-hydrogen) atoms. The number of carbonyl (C=O) groups is 2. The molecule has 0 saturated heterocycles. The molecule has 1 fully saturated rings. The van der Waals surface area contributed by atoms with Crippen molar-refractivity contribution in [1.29, 1.82) is 0 Å². The Morgan fingerprint density at radius 1 is 0.850 bits per heavy atom. The molecule has 1 saturated carbocycles. The third-order valence-electron chi connectivity index (χ3n) is 7.00. The molecule has 0 aromatic heterocycles. The molecule has 2 aromatic rings. The van der Waals surface area contributed by atoms with Crippen LogP contribution in [0.4, 0.5) is 9.59 Å². The third kappa shape index (κ3) is 10.9. The Balaban J connectivity index is 1.62. The van der Waals surface area contributed by atoms with Gasteiger partial charge in [0.2, 0.25) is 0 Å². The highest BCUT2D eigenvalue weighted by Crippen LogP contribution is 2.29. The SMILES string of the molecule is CC(CCCN(CCN(C(=O)OC(C)(C)C)C1CCCCC1)C(=O)OC(C)(C)C)Sc1ccc2ccccc2c1. The summed E-state index contributed by atoms with van der Waals surface area (Å²) in [5.41, 5.74) is -1.14. The largest absolute Gasteiger partial charge is 0.444 e. The van der Waals surface area contributed by atoms with Crippen LogP contribution in [-0.2, 0) is 9.47 Å². The number of hydrogen-bond acceptors (Lipinski definition) is 5. The van der Waals surface area contributed by atoms with Crippen LogP contribution < -0.4 is 0 Å². The molecule has 1 atom stereocenters. The second-order valence-corrected chi connectivity index (χ2v) is 14.5. The minimum absolute atomic E-state index is 0.155. The Labute approximate surface area is 246 Å². The molecule has 0 N–H and O–H groups in total. The number of carbonyl (C=O) groups excluding carboxylic acids is 2. The first-order chi connectivity index (χ1) is 18.8. The fourth-order valence-corrected chi connectivity index (χ4v) is 6.18. The van der Waals surface area contributed by atoms with Crippen molar-refractivity contribution in [3.63, 3.8) is 0 Å². The summed E-state index contributed by atoms with van der Waals surface area (Å²) in [6.45, 7) is 15.1. The summed E-state index contributed by atoms with van der Waals surface area (Å²) in [7, 11) is 0. The molecule has 2 amide bonds. The average molecular weight is 571 g/mol. The van der Waals surface area contributed by atoms with E-state index in [4.69, 9.17) is 9.47 Å². The van der Waals surface area contributed by atoms with Crippen LogP contribution >= 0.6 is 11.8 Å². The molecule has 1 aliphatic carbocycles. The van der Waals surface area contributed by atoms with Crippen molar-refractivity contribution < 1.29 is 19.1 Å². The summed E-state index contributed by atoms with van der Waals surface area (Å²) in [4.78, 5) is 31.3. The Bertz CT molecular complexity index is 1100. The molecule has 0 aliphatic heterocycles. The molecule has 0 radical (unpaired) electrons. The molecular weight excluding hydrogens is 520 g/mol. The van der Waals surface area contributed by atoms with Crippen molar-refractivity contribution >= 4 is 34.7 Å². The van der Waals surface area contributed by atoms with Crippen LogP contribution in [0.2, 0.25) is 0 Å². The number of fused-ring (bicyclic) bond motifs is 1. The van der Waals surface area contributed by atoms with Gasteiger partial charge in [0.1, 0.15) is 11.2 Å². The number of nitrogens with zero attached hydrogens (tertiary/aromatic N) is 2. The summed E-state index contributed by atoms with van der Waals surface area (Å²) in [6, 6.07) is 15.2. The van der Waals surface area contributed by atoms with Gasteiger partial charge < -0.3 is 19.3 Å². The molecule has 7 heteroatoms. The smallest absolute Gasteiger partial charge is 0.410 e. The second-order valence-electron chi connectivity index (χ2n) is 13.0. The van der Waals surface area contributed by atoms with Gasteiger partial charge in [0.15, 0.2) is 0 Å². The zero-order valence-electron chi connectivity index (χ0n) is 25.7. The van der Waals surface area contributed by atoms with Crippen LogP contribution in [0.5, 0.6) is 0 Å². The monoisotopic (exact) mass is 570 g/mol. The normalized spacial score (nSPS) is 15.5. The standard InChI is InChI=1S/C33H50N2O4S/c1-25(40-29-20-19-26-15-11-12-16-27(26)24-29)14-13-21-34(30(36)38-32(2,3)4)22-23-35(28-17-9-8-10-18-28)31(37)39-33(5,6)7/h11-12,15-16,19-20,24-25,28H,8-10,13-14,17-18,21-23H2,1-7H3. The van der Waals surface area contributed by atoms with Crippen molar-refractivity contribution in [2.45, 2.75) is 121 Å². The summed E-state index contributed by atoms with van der Waals surface area (Å²) in [6.07, 6.45) is 6.62. The van der Waals surface area contributed by atoms with E-state index in [-0.39, 0.29) is 18.2 Å². The van der Waals surface area contributed by atoms with E-state index in [1.807, 2.05) is 58.2 Å². The van der Waals surface area contributed by atoms with Crippen LogP contribution in [0.25, 0.3) is 10.8 Å². The van der Waals surface area contributed by atoms with Crippen LogP contribution in [0.3, 0.4) is 0 Å². The third-order valence-corrected chi connectivity index (χ3v) is 8.17. The highest BCUT2D eigenvalue weighted by Gasteiger charge is 2.31. The Morgan fingerprint density at radius 3 is 2.12 bits per heavy atom. The van der Waals surface area contributed by atoms with Crippen LogP contribution in [0, 0.1) is 0 Å². The summed E-state index contributed by atoms with van der Waals surface area (Å²) < 4.78 is 11.5. The average Bonchev–Trinajstić information content (AvgIpc) is 2.86. The maximum atomic E-state index is 13.2. The van der Waals surface area contributed by atoms with E-state index < -0.39 is 11.2 Å². The maximum absolute atomic E-state index is 13.2. The number of ether oxygens (including phenoxy) is 2. The Morgan fingerprint density at radius 2 is 1.48 bits per heavy atom. The number of rotatable bonds is 10. The van der Waals surface area contributed by atoms with Crippen LogP contribution in [0.1, 0.15) is 93.4 Å². The predicted molar refractivity (Wildman–Crippen MR) is 166 cm³/mol. The summed E-state index contributed by atoms with van der Waals surface area (Å²) in [5, 5.41) is 2.91. The molecule has 3 rings (SSSR count). The Kier molecular flexibility index (Phi) is 11.6. The van der Waals surface area contributed by atoms with E-state index in [9.17, 15) is 9.59 Å². The zero-order valence-corrected chi connectivity index (χ0v) is 26.5. The minimum atomic E-state index is -0.581. The lowest BCUT2D eigenvalue weighted by molar-refractivity contribution is 0.00365. The van der Waals surface area contributed by atoms with Gasteiger partial charge in [-0.25, -0.2) is 9.59 Å².